The first-order chi connectivity index (χ1) is 9.71. The minimum absolute atomic E-state index is 0.0384. The second kappa shape index (κ2) is 5.42. The van der Waals surface area contributed by atoms with Gasteiger partial charge in [0.15, 0.2) is 0 Å². The fourth-order valence-electron chi connectivity index (χ4n) is 2.88. The van der Waals surface area contributed by atoms with Gasteiger partial charge >= 0.3 is 5.97 Å². The molecule has 1 atom stereocenters. The highest BCUT2D eigenvalue weighted by Crippen LogP contribution is 2.40. The Hall–Kier alpha value is -1.40. The molecule has 1 aliphatic rings. The molecule has 0 saturated carbocycles. The summed E-state index contributed by atoms with van der Waals surface area (Å²) in [5.74, 6) is -1.04. The van der Waals surface area contributed by atoms with Crippen molar-refractivity contribution in [1.82, 2.24) is 4.31 Å². The predicted molar refractivity (Wildman–Crippen MR) is 79.5 cm³/mol. The van der Waals surface area contributed by atoms with Crippen molar-refractivity contribution in [2.24, 2.45) is 11.3 Å². The van der Waals surface area contributed by atoms with Gasteiger partial charge in [-0.2, -0.15) is 4.31 Å². The highest BCUT2D eigenvalue weighted by atomic mass is 32.2. The summed E-state index contributed by atoms with van der Waals surface area (Å²) in [5.41, 5.74) is -0.315. The van der Waals surface area contributed by atoms with Crippen LogP contribution in [0.4, 0.5) is 0 Å². The molecule has 0 aliphatic carbocycles. The Morgan fingerprint density at radius 3 is 2.43 bits per heavy atom. The smallest absolute Gasteiger partial charge is 0.311 e. The number of aryl methyl sites for hydroxylation is 1. The Balaban J connectivity index is 2.37. The molecule has 0 bridgehead atoms. The SMILES string of the molecule is Cc1ccccc1S(=O)(=O)N1CCC(C(=O)O)(C(C)C)C1. The van der Waals surface area contributed by atoms with Gasteiger partial charge in [0.05, 0.1) is 10.3 Å². The molecule has 1 unspecified atom stereocenters. The molecule has 5 nitrogen and oxygen atoms in total. The minimum Gasteiger partial charge on any atom is -0.481 e. The third-order valence-electron chi connectivity index (χ3n) is 4.51. The molecule has 0 spiro atoms. The largest absolute Gasteiger partial charge is 0.481 e. The average molecular weight is 311 g/mol. The third-order valence-corrected chi connectivity index (χ3v) is 6.51. The van der Waals surface area contributed by atoms with Crippen molar-refractivity contribution in [3.63, 3.8) is 0 Å². The fraction of sp³-hybridized carbons (Fsp3) is 0.533. The molecule has 1 aromatic carbocycles. The third kappa shape index (κ3) is 2.58. The lowest BCUT2D eigenvalue weighted by atomic mass is 9.77. The highest BCUT2D eigenvalue weighted by molar-refractivity contribution is 7.89. The van der Waals surface area contributed by atoms with E-state index in [-0.39, 0.29) is 23.9 Å². The fourth-order valence-corrected chi connectivity index (χ4v) is 4.62. The highest BCUT2D eigenvalue weighted by Gasteiger charge is 2.50. The molecule has 2 rings (SSSR count). The van der Waals surface area contributed by atoms with E-state index in [0.29, 0.717) is 12.0 Å². The molecule has 1 heterocycles. The molecule has 0 amide bonds. The van der Waals surface area contributed by atoms with Gasteiger partial charge in [-0.25, -0.2) is 8.42 Å². The quantitative estimate of drug-likeness (QED) is 0.924. The molecule has 1 aromatic rings. The van der Waals surface area contributed by atoms with E-state index in [1.165, 1.54) is 4.31 Å². The number of nitrogens with zero attached hydrogens (tertiary/aromatic N) is 1. The maximum atomic E-state index is 12.7. The number of aliphatic carboxylic acids is 1. The van der Waals surface area contributed by atoms with Crippen LogP contribution < -0.4 is 0 Å². The summed E-state index contributed by atoms with van der Waals surface area (Å²) in [6.45, 7) is 5.70. The maximum absolute atomic E-state index is 12.7. The zero-order valence-corrected chi connectivity index (χ0v) is 13.4. The van der Waals surface area contributed by atoms with Gasteiger partial charge in [0.1, 0.15) is 0 Å². The van der Waals surface area contributed by atoms with E-state index in [1.54, 1.807) is 31.2 Å². The van der Waals surface area contributed by atoms with Gasteiger partial charge in [-0.3, -0.25) is 4.79 Å². The van der Waals surface area contributed by atoms with Crippen LogP contribution in [0.2, 0.25) is 0 Å². The number of carboxylic acids is 1. The van der Waals surface area contributed by atoms with Crippen LogP contribution in [-0.4, -0.2) is 36.9 Å². The van der Waals surface area contributed by atoms with Gasteiger partial charge < -0.3 is 5.11 Å². The number of benzene rings is 1. The molecule has 1 aliphatic heterocycles. The lowest BCUT2D eigenvalue weighted by molar-refractivity contribution is -0.150. The first-order valence-corrected chi connectivity index (χ1v) is 8.45. The van der Waals surface area contributed by atoms with Crippen molar-refractivity contribution in [2.75, 3.05) is 13.1 Å². The number of carboxylic acid groups (broad SMARTS) is 1. The van der Waals surface area contributed by atoms with Gasteiger partial charge in [0.2, 0.25) is 10.0 Å². The van der Waals surface area contributed by atoms with Crippen LogP contribution in [0.1, 0.15) is 25.8 Å². The van der Waals surface area contributed by atoms with E-state index < -0.39 is 21.4 Å². The van der Waals surface area contributed by atoms with Crippen molar-refractivity contribution < 1.29 is 18.3 Å². The van der Waals surface area contributed by atoms with E-state index in [9.17, 15) is 18.3 Å². The van der Waals surface area contributed by atoms with Gasteiger partial charge in [-0.1, -0.05) is 32.0 Å². The summed E-state index contributed by atoms with van der Waals surface area (Å²) < 4.78 is 26.8. The Morgan fingerprint density at radius 2 is 1.95 bits per heavy atom. The summed E-state index contributed by atoms with van der Waals surface area (Å²) >= 11 is 0. The summed E-state index contributed by atoms with van der Waals surface area (Å²) in [4.78, 5) is 11.9. The second-order valence-electron chi connectivity index (χ2n) is 5.97. The van der Waals surface area contributed by atoms with Crippen molar-refractivity contribution in [3.8, 4) is 0 Å². The van der Waals surface area contributed by atoms with E-state index >= 15 is 0 Å². The lowest BCUT2D eigenvalue weighted by Crippen LogP contribution is -2.40. The van der Waals surface area contributed by atoms with Gasteiger partial charge in [0, 0.05) is 13.1 Å². The van der Waals surface area contributed by atoms with Crippen molar-refractivity contribution in [2.45, 2.75) is 32.1 Å². The molecule has 1 fully saturated rings. The maximum Gasteiger partial charge on any atom is 0.311 e. The summed E-state index contributed by atoms with van der Waals surface area (Å²) in [7, 11) is -3.64. The van der Waals surface area contributed by atoms with Crippen LogP contribution in [0.15, 0.2) is 29.2 Å². The monoisotopic (exact) mass is 311 g/mol. The summed E-state index contributed by atoms with van der Waals surface area (Å²) in [6, 6.07) is 6.79. The number of rotatable bonds is 4. The van der Waals surface area contributed by atoms with Crippen LogP contribution in [-0.2, 0) is 14.8 Å². The van der Waals surface area contributed by atoms with Crippen molar-refractivity contribution >= 4 is 16.0 Å². The number of hydrogen-bond acceptors (Lipinski definition) is 3. The first kappa shape index (κ1) is 16.0. The standard InChI is InChI=1S/C15H21NO4S/c1-11(2)15(14(17)18)8-9-16(10-15)21(19,20)13-7-5-4-6-12(13)3/h4-7,11H,8-10H2,1-3H3,(H,17,18). The molecule has 1 saturated heterocycles. The van der Waals surface area contributed by atoms with E-state index in [0.717, 1.165) is 0 Å². The molecular formula is C15H21NO4S. The van der Waals surface area contributed by atoms with Crippen LogP contribution >= 0.6 is 0 Å². The molecule has 21 heavy (non-hydrogen) atoms. The summed E-state index contributed by atoms with van der Waals surface area (Å²) in [5, 5.41) is 9.52. The zero-order valence-electron chi connectivity index (χ0n) is 12.5. The minimum atomic E-state index is -3.64. The van der Waals surface area contributed by atoms with E-state index in [1.807, 2.05) is 13.8 Å². The molecule has 116 valence electrons. The first-order valence-electron chi connectivity index (χ1n) is 7.01. The van der Waals surface area contributed by atoms with Crippen LogP contribution in [0.3, 0.4) is 0 Å². The molecule has 6 heteroatoms. The Kier molecular flexibility index (Phi) is 4.13. The van der Waals surface area contributed by atoms with Crippen LogP contribution in [0.25, 0.3) is 0 Å². The molecule has 1 N–H and O–H groups in total. The summed E-state index contributed by atoms with van der Waals surface area (Å²) in [6.07, 6.45) is 0.352. The topological polar surface area (TPSA) is 74.7 Å². The predicted octanol–water partition coefficient (Wildman–Crippen LogP) is 2.12. The normalized spacial score (nSPS) is 23.6. The van der Waals surface area contributed by atoms with Crippen LogP contribution in [0, 0.1) is 18.3 Å². The number of sulfonamides is 1. The van der Waals surface area contributed by atoms with Gasteiger partial charge in [-0.05, 0) is 30.9 Å². The van der Waals surface area contributed by atoms with Gasteiger partial charge in [0.25, 0.3) is 0 Å². The van der Waals surface area contributed by atoms with E-state index in [4.69, 9.17) is 0 Å². The van der Waals surface area contributed by atoms with Crippen LogP contribution in [0.5, 0.6) is 0 Å². The second-order valence-corrected chi connectivity index (χ2v) is 7.88. The Labute approximate surface area is 125 Å². The van der Waals surface area contributed by atoms with E-state index in [2.05, 4.69) is 0 Å². The molecular weight excluding hydrogens is 290 g/mol. The Morgan fingerprint density at radius 1 is 1.33 bits per heavy atom. The average Bonchev–Trinajstić information content (AvgIpc) is 2.86. The Bertz CT molecular complexity index is 653. The number of carbonyl (C=O) groups is 1. The van der Waals surface area contributed by atoms with Crippen molar-refractivity contribution in [3.05, 3.63) is 29.8 Å². The molecule has 0 radical (unpaired) electrons. The lowest BCUT2D eigenvalue weighted by Gasteiger charge is -2.28. The molecule has 0 aromatic heterocycles. The van der Waals surface area contributed by atoms with Crippen molar-refractivity contribution in [1.29, 1.82) is 0 Å². The zero-order chi connectivity index (χ0) is 15.8. The van der Waals surface area contributed by atoms with Gasteiger partial charge in [-0.15, -0.1) is 0 Å². The number of hydrogen-bond donors (Lipinski definition) is 1.